The molecule has 1 aromatic rings. The van der Waals surface area contributed by atoms with Gasteiger partial charge < -0.3 is 14.7 Å². The number of morpholine rings is 1. The largest absolute Gasteiger partial charge is 0.479 e. The number of aliphatic carboxylic acids is 1. The lowest BCUT2D eigenvalue weighted by molar-refractivity contribution is -0.160. The van der Waals surface area contributed by atoms with Gasteiger partial charge in [-0.1, -0.05) is 12.8 Å². The van der Waals surface area contributed by atoms with Gasteiger partial charge in [0.25, 0.3) is 5.91 Å². The lowest BCUT2D eigenvalue weighted by atomic mass is 10.1. The molecule has 0 radical (unpaired) electrons. The molecule has 1 aliphatic heterocycles. The van der Waals surface area contributed by atoms with Crippen molar-refractivity contribution in [2.75, 3.05) is 13.1 Å². The molecule has 0 aromatic heterocycles. The number of carboxylic acids is 1. The predicted octanol–water partition coefficient (Wildman–Crippen LogP) is 1.72. The highest BCUT2D eigenvalue weighted by Gasteiger charge is 2.34. The number of hydrogen-bond donors (Lipinski definition) is 1. The van der Waals surface area contributed by atoms with Crippen molar-refractivity contribution in [3.8, 4) is 0 Å². The number of carboxylic acid groups (broad SMARTS) is 1. The van der Waals surface area contributed by atoms with E-state index in [-0.39, 0.29) is 28.7 Å². The van der Waals surface area contributed by atoms with Crippen molar-refractivity contribution >= 4 is 21.7 Å². The van der Waals surface area contributed by atoms with Gasteiger partial charge in [-0.05, 0) is 44.0 Å². The number of sulfone groups is 1. The second-order valence-electron chi connectivity index (χ2n) is 6.96. The van der Waals surface area contributed by atoms with E-state index in [2.05, 4.69) is 0 Å². The smallest absolute Gasteiger partial charge is 0.334 e. The molecule has 142 valence electrons. The Hall–Kier alpha value is -1.93. The van der Waals surface area contributed by atoms with Gasteiger partial charge in [-0.2, -0.15) is 0 Å². The summed E-state index contributed by atoms with van der Waals surface area (Å²) in [4.78, 5) is 25.5. The summed E-state index contributed by atoms with van der Waals surface area (Å²) < 4.78 is 30.5. The fourth-order valence-corrected chi connectivity index (χ4v) is 5.47. The van der Waals surface area contributed by atoms with Crippen LogP contribution < -0.4 is 0 Å². The number of hydrogen-bond acceptors (Lipinski definition) is 5. The minimum Gasteiger partial charge on any atom is -0.479 e. The van der Waals surface area contributed by atoms with Gasteiger partial charge in [-0.25, -0.2) is 13.2 Å². The van der Waals surface area contributed by atoms with Gasteiger partial charge >= 0.3 is 5.97 Å². The van der Waals surface area contributed by atoms with Crippen molar-refractivity contribution < 1.29 is 27.9 Å². The highest BCUT2D eigenvalue weighted by atomic mass is 32.2. The molecule has 1 aliphatic carbocycles. The molecule has 1 saturated carbocycles. The second-order valence-corrected chi connectivity index (χ2v) is 9.19. The summed E-state index contributed by atoms with van der Waals surface area (Å²) in [6, 6.07) is 5.94. The lowest BCUT2D eigenvalue weighted by Crippen LogP contribution is -2.51. The molecular weight excluding hydrogens is 358 g/mol. The minimum absolute atomic E-state index is 0.0272. The average molecular weight is 381 g/mol. The summed E-state index contributed by atoms with van der Waals surface area (Å²) in [5.74, 6) is -1.43. The van der Waals surface area contributed by atoms with E-state index in [4.69, 9.17) is 9.84 Å². The fourth-order valence-electron chi connectivity index (χ4n) is 3.61. The number of carbonyl (C=O) groups is 2. The SMILES string of the molecule is C[C@@H]1CN(C(=O)c2ccc(S(=O)(=O)C3CCCC3)cc2)CC(C(=O)O)O1. The third kappa shape index (κ3) is 3.76. The van der Waals surface area contributed by atoms with Gasteiger partial charge in [0.15, 0.2) is 15.9 Å². The fraction of sp³-hybridized carbons (Fsp3) is 0.556. The topological polar surface area (TPSA) is 101 Å². The van der Waals surface area contributed by atoms with Crippen LogP contribution >= 0.6 is 0 Å². The normalized spacial score (nSPS) is 24.6. The Labute approximate surface area is 152 Å². The third-order valence-electron chi connectivity index (χ3n) is 4.99. The molecule has 1 heterocycles. The first kappa shape index (κ1) is 18.8. The highest BCUT2D eigenvalue weighted by molar-refractivity contribution is 7.92. The zero-order chi connectivity index (χ0) is 18.9. The second kappa shape index (κ2) is 7.36. The van der Waals surface area contributed by atoms with Gasteiger partial charge in [0.05, 0.1) is 22.8 Å². The van der Waals surface area contributed by atoms with Gasteiger partial charge in [-0.3, -0.25) is 4.79 Å². The van der Waals surface area contributed by atoms with E-state index in [9.17, 15) is 18.0 Å². The Morgan fingerprint density at radius 3 is 2.31 bits per heavy atom. The number of benzene rings is 1. The maximum atomic E-state index is 12.7. The molecule has 1 aromatic carbocycles. The molecule has 7 nitrogen and oxygen atoms in total. The van der Waals surface area contributed by atoms with E-state index in [0.717, 1.165) is 12.8 Å². The van der Waals surface area contributed by atoms with Crippen molar-refractivity contribution in [2.45, 2.75) is 55.0 Å². The zero-order valence-electron chi connectivity index (χ0n) is 14.6. The summed E-state index contributed by atoms with van der Waals surface area (Å²) in [6.07, 6.45) is 1.80. The third-order valence-corrected chi connectivity index (χ3v) is 7.27. The van der Waals surface area contributed by atoms with Crippen LogP contribution in [0.1, 0.15) is 43.0 Å². The Balaban J connectivity index is 1.75. The molecule has 2 atom stereocenters. The number of carbonyl (C=O) groups excluding carboxylic acids is 1. The maximum absolute atomic E-state index is 12.7. The molecular formula is C18H23NO6S. The summed E-state index contributed by atoms with van der Waals surface area (Å²) in [5.41, 5.74) is 0.341. The lowest BCUT2D eigenvalue weighted by Gasteiger charge is -2.35. The predicted molar refractivity (Wildman–Crippen MR) is 93.8 cm³/mol. The Morgan fingerprint density at radius 1 is 1.12 bits per heavy atom. The first-order chi connectivity index (χ1) is 12.3. The van der Waals surface area contributed by atoms with Crippen molar-refractivity contribution in [1.82, 2.24) is 4.90 Å². The van der Waals surface area contributed by atoms with E-state index in [1.165, 1.54) is 29.2 Å². The van der Waals surface area contributed by atoms with Gasteiger partial charge in [-0.15, -0.1) is 0 Å². The molecule has 0 spiro atoms. The highest BCUT2D eigenvalue weighted by Crippen LogP contribution is 2.29. The van der Waals surface area contributed by atoms with Gasteiger partial charge in [0, 0.05) is 12.1 Å². The van der Waals surface area contributed by atoms with Gasteiger partial charge in [0.1, 0.15) is 0 Å². The summed E-state index contributed by atoms with van der Waals surface area (Å²) in [5, 5.41) is 8.79. The molecule has 1 unspecified atom stereocenters. The molecule has 8 heteroatoms. The number of amides is 1. The first-order valence-electron chi connectivity index (χ1n) is 8.80. The van der Waals surface area contributed by atoms with Crippen molar-refractivity contribution in [1.29, 1.82) is 0 Å². The molecule has 1 amide bonds. The van der Waals surface area contributed by atoms with E-state index in [1.54, 1.807) is 6.92 Å². The van der Waals surface area contributed by atoms with Crippen LogP contribution in [0, 0.1) is 0 Å². The summed E-state index contributed by atoms with van der Waals surface area (Å²) >= 11 is 0. The average Bonchev–Trinajstić information content (AvgIpc) is 3.16. The summed E-state index contributed by atoms with van der Waals surface area (Å²) in [7, 11) is -3.36. The van der Waals surface area contributed by atoms with Crippen LogP contribution in [0.4, 0.5) is 0 Å². The van der Waals surface area contributed by atoms with E-state index in [0.29, 0.717) is 24.9 Å². The molecule has 3 rings (SSSR count). The van der Waals surface area contributed by atoms with Crippen molar-refractivity contribution in [3.05, 3.63) is 29.8 Å². The van der Waals surface area contributed by atoms with Crippen LogP contribution in [0.15, 0.2) is 29.2 Å². The van der Waals surface area contributed by atoms with E-state index in [1.807, 2.05) is 0 Å². The van der Waals surface area contributed by atoms with Crippen LogP contribution in [-0.2, 0) is 19.4 Å². The zero-order valence-corrected chi connectivity index (χ0v) is 15.4. The monoisotopic (exact) mass is 381 g/mol. The first-order valence-corrected chi connectivity index (χ1v) is 10.3. The molecule has 1 saturated heterocycles. The number of nitrogens with zero attached hydrogens (tertiary/aromatic N) is 1. The molecule has 26 heavy (non-hydrogen) atoms. The minimum atomic E-state index is -3.36. The van der Waals surface area contributed by atoms with Gasteiger partial charge in [0.2, 0.25) is 0 Å². The molecule has 2 fully saturated rings. The van der Waals surface area contributed by atoms with Crippen LogP contribution in [-0.4, -0.2) is 60.8 Å². The number of ether oxygens (including phenoxy) is 1. The van der Waals surface area contributed by atoms with E-state index >= 15 is 0 Å². The van der Waals surface area contributed by atoms with Crippen molar-refractivity contribution in [2.24, 2.45) is 0 Å². The van der Waals surface area contributed by atoms with Crippen molar-refractivity contribution in [3.63, 3.8) is 0 Å². The van der Waals surface area contributed by atoms with Crippen LogP contribution in [0.3, 0.4) is 0 Å². The Bertz CT molecular complexity index is 782. The van der Waals surface area contributed by atoms with Crippen LogP contribution in [0.5, 0.6) is 0 Å². The molecule has 1 N–H and O–H groups in total. The Morgan fingerprint density at radius 2 is 1.73 bits per heavy atom. The quantitative estimate of drug-likeness (QED) is 0.852. The molecule has 2 aliphatic rings. The standard InChI is InChI=1S/C18H23NO6S/c1-12-10-19(11-16(25-12)18(21)22)17(20)13-6-8-15(9-7-13)26(23,24)14-4-2-3-5-14/h6-9,12,14,16H,2-5,10-11H2,1H3,(H,21,22)/t12-,16?/m1/s1. The summed E-state index contributed by atoms with van der Waals surface area (Å²) in [6.45, 7) is 1.98. The number of rotatable bonds is 4. The Kier molecular flexibility index (Phi) is 5.34. The van der Waals surface area contributed by atoms with Crippen LogP contribution in [0.25, 0.3) is 0 Å². The molecule has 0 bridgehead atoms. The van der Waals surface area contributed by atoms with E-state index < -0.39 is 21.9 Å². The van der Waals surface area contributed by atoms with Crippen LogP contribution in [0.2, 0.25) is 0 Å². The maximum Gasteiger partial charge on any atom is 0.334 e.